The normalized spacial score (nSPS) is 10.2. The average molecular weight is 322 g/mol. The van der Waals surface area contributed by atoms with Crippen molar-refractivity contribution < 1.29 is 19.1 Å². The highest BCUT2D eigenvalue weighted by Crippen LogP contribution is 2.29. The summed E-state index contributed by atoms with van der Waals surface area (Å²) in [6.45, 7) is 0.994. The van der Waals surface area contributed by atoms with Gasteiger partial charge in [-0.25, -0.2) is 9.78 Å². The van der Waals surface area contributed by atoms with Gasteiger partial charge in [0.2, 0.25) is 5.91 Å². The third-order valence-corrected chi connectivity index (χ3v) is 3.82. The molecule has 1 rings (SSSR count). The van der Waals surface area contributed by atoms with Crippen LogP contribution >= 0.6 is 22.9 Å². The van der Waals surface area contributed by atoms with Crippen LogP contribution in [-0.2, 0) is 14.3 Å². The van der Waals surface area contributed by atoms with Gasteiger partial charge in [0.1, 0.15) is 0 Å². The summed E-state index contributed by atoms with van der Waals surface area (Å²) >= 11 is 6.93. The predicted octanol–water partition coefficient (Wildman–Crippen LogP) is 0.782. The molecule has 1 heterocycles. The van der Waals surface area contributed by atoms with Gasteiger partial charge in [-0.15, -0.1) is 0 Å². The fourth-order valence-electron chi connectivity index (χ4n) is 1.30. The molecule has 0 aliphatic carbocycles. The molecule has 7 nitrogen and oxygen atoms in total. The molecule has 1 aromatic rings. The van der Waals surface area contributed by atoms with E-state index in [1.54, 1.807) is 19.1 Å². The molecule has 9 heteroatoms. The molecular weight excluding hydrogens is 306 g/mol. The van der Waals surface area contributed by atoms with Crippen LogP contribution < -0.4 is 10.2 Å². The topological polar surface area (TPSA) is 80.8 Å². The SMILES string of the molecule is COCCNC(=O)CN(C)c1nc(Cl)c(C(=O)OC)s1. The van der Waals surface area contributed by atoms with Crippen LogP contribution in [-0.4, -0.2) is 57.8 Å². The van der Waals surface area contributed by atoms with E-state index in [2.05, 4.69) is 15.0 Å². The van der Waals surface area contributed by atoms with Crippen LogP contribution in [0.15, 0.2) is 0 Å². The molecule has 20 heavy (non-hydrogen) atoms. The molecule has 0 bridgehead atoms. The summed E-state index contributed by atoms with van der Waals surface area (Å²) in [7, 11) is 4.52. The number of likely N-dealkylation sites (N-methyl/N-ethyl adjacent to an activating group) is 1. The summed E-state index contributed by atoms with van der Waals surface area (Å²) in [6.07, 6.45) is 0. The number of amides is 1. The Kier molecular flexibility index (Phi) is 6.69. The first-order valence-corrected chi connectivity index (χ1v) is 6.90. The number of carbonyl (C=O) groups is 2. The van der Waals surface area contributed by atoms with Gasteiger partial charge in [-0.3, -0.25) is 4.79 Å². The Hall–Kier alpha value is -1.38. The first kappa shape index (κ1) is 16.7. The fraction of sp³-hybridized carbons (Fsp3) is 0.545. The van der Waals surface area contributed by atoms with Crippen molar-refractivity contribution in [2.24, 2.45) is 0 Å². The van der Waals surface area contributed by atoms with E-state index in [0.717, 1.165) is 11.3 Å². The minimum atomic E-state index is -0.545. The zero-order chi connectivity index (χ0) is 15.1. The van der Waals surface area contributed by atoms with Gasteiger partial charge in [0.25, 0.3) is 0 Å². The summed E-state index contributed by atoms with van der Waals surface area (Å²) in [5.41, 5.74) is 0. The lowest BCUT2D eigenvalue weighted by Crippen LogP contribution is -2.36. The lowest BCUT2D eigenvalue weighted by atomic mass is 10.5. The summed E-state index contributed by atoms with van der Waals surface area (Å²) in [4.78, 5) is 28.9. The number of aromatic nitrogens is 1. The molecule has 0 radical (unpaired) electrons. The zero-order valence-electron chi connectivity index (χ0n) is 11.4. The maximum atomic E-state index is 11.6. The van der Waals surface area contributed by atoms with Gasteiger partial charge in [0.15, 0.2) is 15.2 Å². The van der Waals surface area contributed by atoms with Crippen LogP contribution in [0.5, 0.6) is 0 Å². The van der Waals surface area contributed by atoms with E-state index in [4.69, 9.17) is 16.3 Å². The zero-order valence-corrected chi connectivity index (χ0v) is 13.0. The maximum absolute atomic E-state index is 11.6. The molecular formula is C11H16ClN3O4S. The van der Waals surface area contributed by atoms with Crippen LogP contribution in [0.3, 0.4) is 0 Å². The number of hydrogen-bond acceptors (Lipinski definition) is 7. The average Bonchev–Trinajstić information content (AvgIpc) is 2.80. The van der Waals surface area contributed by atoms with Crippen LogP contribution in [0.2, 0.25) is 5.15 Å². The number of rotatable bonds is 7. The van der Waals surface area contributed by atoms with Crippen LogP contribution in [0, 0.1) is 0 Å². The van der Waals surface area contributed by atoms with Crippen LogP contribution in [0.25, 0.3) is 0 Å². The highest BCUT2D eigenvalue weighted by molar-refractivity contribution is 7.18. The number of halogens is 1. The highest BCUT2D eigenvalue weighted by Gasteiger charge is 2.20. The van der Waals surface area contributed by atoms with E-state index in [0.29, 0.717) is 18.3 Å². The van der Waals surface area contributed by atoms with Crippen molar-refractivity contribution in [1.29, 1.82) is 0 Å². The van der Waals surface area contributed by atoms with Gasteiger partial charge in [-0.2, -0.15) is 0 Å². The highest BCUT2D eigenvalue weighted by atomic mass is 35.5. The van der Waals surface area contributed by atoms with E-state index >= 15 is 0 Å². The Morgan fingerprint density at radius 2 is 2.15 bits per heavy atom. The van der Waals surface area contributed by atoms with Gasteiger partial charge in [-0.1, -0.05) is 22.9 Å². The van der Waals surface area contributed by atoms with Crippen molar-refractivity contribution in [3.63, 3.8) is 0 Å². The predicted molar refractivity (Wildman–Crippen MR) is 76.6 cm³/mol. The van der Waals surface area contributed by atoms with Crippen LogP contribution in [0.4, 0.5) is 5.13 Å². The van der Waals surface area contributed by atoms with Gasteiger partial charge < -0.3 is 19.7 Å². The van der Waals surface area contributed by atoms with E-state index in [1.165, 1.54) is 7.11 Å². The lowest BCUT2D eigenvalue weighted by molar-refractivity contribution is -0.119. The monoisotopic (exact) mass is 321 g/mol. The largest absolute Gasteiger partial charge is 0.465 e. The smallest absolute Gasteiger partial charge is 0.351 e. The Bertz CT molecular complexity index is 480. The molecule has 0 unspecified atom stereocenters. The van der Waals surface area contributed by atoms with Crippen molar-refractivity contribution >= 4 is 39.9 Å². The van der Waals surface area contributed by atoms with Crippen molar-refractivity contribution in [3.8, 4) is 0 Å². The van der Waals surface area contributed by atoms with Gasteiger partial charge in [0.05, 0.1) is 20.3 Å². The first-order chi connectivity index (χ1) is 9.49. The Labute approximate surface area is 125 Å². The molecule has 0 atom stereocenters. The number of ether oxygens (including phenoxy) is 2. The van der Waals surface area contributed by atoms with Gasteiger partial charge in [0, 0.05) is 20.7 Å². The molecule has 0 aliphatic heterocycles. The number of carbonyl (C=O) groups excluding carboxylic acids is 2. The minimum Gasteiger partial charge on any atom is -0.465 e. The summed E-state index contributed by atoms with van der Waals surface area (Å²) in [5, 5.41) is 3.23. The van der Waals surface area contributed by atoms with Gasteiger partial charge >= 0.3 is 5.97 Å². The van der Waals surface area contributed by atoms with Crippen LogP contribution in [0.1, 0.15) is 9.67 Å². The second kappa shape index (κ2) is 8.03. The molecule has 1 aromatic heterocycles. The number of nitrogens with one attached hydrogen (secondary N) is 1. The molecule has 0 fully saturated rings. The molecule has 0 aromatic carbocycles. The summed E-state index contributed by atoms with van der Waals surface area (Å²) < 4.78 is 9.42. The third-order valence-electron chi connectivity index (χ3n) is 2.28. The van der Waals surface area contributed by atoms with Gasteiger partial charge in [-0.05, 0) is 0 Å². The lowest BCUT2D eigenvalue weighted by Gasteiger charge is -2.14. The molecule has 1 amide bonds. The molecule has 112 valence electrons. The fourth-order valence-corrected chi connectivity index (χ4v) is 2.46. The number of anilines is 1. The number of nitrogens with zero attached hydrogens (tertiary/aromatic N) is 2. The third kappa shape index (κ3) is 4.62. The molecule has 0 saturated carbocycles. The van der Waals surface area contributed by atoms with E-state index in [1.807, 2.05) is 0 Å². The number of hydrogen-bond donors (Lipinski definition) is 1. The summed E-state index contributed by atoms with van der Waals surface area (Å²) in [5.74, 6) is -0.716. The number of thiazole rings is 1. The Morgan fingerprint density at radius 3 is 2.75 bits per heavy atom. The Balaban J connectivity index is 2.61. The second-order valence-corrected chi connectivity index (χ2v) is 5.14. The molecule has 1 N–H and O–H groups in total. The van der Waals surface area contributed by atoms with E-state index in [9.17, 15) is 9.59 Å². The number of esters is 1. The van der Waals surface area contributed by atoms with E-state index in [-0.39, 0.29) is 22.5 Å². The minimum absolute atomic E-state index is 0.0727. The molecule has 0 saturated heterocycles. The first-order valence-electron chi connectivity index (χ1n) is 5.71. The summed E-state index contributed by atoms with van der Waals surface area (Å²) in [6, 6.07) is 0. The van der Waals surface area contributed by atoms with Crippen molar-refractivity contribution in [2.45, 2.75) is 0 Å². The standard InChI is InChI=1S/C11H16ClN3O4S/c1-15(6-7(16)13-4-5-18-2)11-14-9(12)8(20-11)10(17)19-3/h4-6H2,1-3H3,(H,13,16). The van der Waals surface area contributed by atoms with Crippen molar-refractivity contribution in [3.05, 3.63) is 10.0 Å². The Morgan fingerprint density at radius 1 is 1.45 bits per heavy atom. The molecule has 0 spiro atoms. The second-order valence-electron chi connectivity index (χ2n) is 3.81. The molecule has 0 aliphatic rings. The number of methoxy groups -OCH3 is 2. The van der Waals surface area contributed by atoms with Crippen molar-refractivity contribution in [2.75, 3.05) is 45.9 Å². The van der Waals surface area contributed by atoms with Crippen molar-refractivity contribution in [1.82, 2.24) is 10.3 Å². The maximum Gasteiger partial charge on any atom is 0.351 e. The quantitative estimate of drug-likeness (QED) is 0.590. The van der Waals surface area contributed by atoms with E-state index < -0.39 is 5.97 Å².